The van der Waals surface area contributed by atoms with Crippen LogP contribution in [0.5, 0.6) is 0 Å². The molecule has 0 aliphatic rings. The Morgan fingerprint density at radius 1 is 1.25 bits per heavy atom. The predicted molar refractivity (Wildman–Crippen MR) is 81.5 cm³/mol. The largest absolute Gasteiger partial charge is 0.368 e. The Hall–Kier alpha value is -2.34. The molecule has 1 heterocycles. The highest BCUT2D eigenvalue weighted by Crippen LogP contribution is 2.13. The molecule has 0 amide bonds. The van der Waals surface area contributed by atoms with Gasteiger partial charge in [-0.3, -0.25) is 0 Å². The first-order valence-electron chi connectivity index (χ1n) is 6.86. The van der Waals surface area contributed by atoms with Gasteiger partial charge < -0.3 is 5.32 Å². The lowest BCUT2D eigenvalue weighted by atomic mass is 10.1. The van der Waals surface area contributed by atoms with E-state index in [2.05, 4.69) is 47.6 Å². The van der Waals surface area contributed by atoms with Gasteiger partial charge in [0, 0.05) is 11.7 Å². The molecule has 3 heteroatoms. The summed E-state index contributed by atoms with van der Waals surface area (Å²) in [5, 5.41) is 12.3. The minimum Gasteiger partial charge on any atom is -0.368 e. The van der Waals surface area contributed by atoms with Crippen LogP contribution < -0.4 is 5.32 Å². The van der Waals surface area contributed by atoms with Crippen molar-refractivity contribution in [1.29, 1.82) is 5.26 Å². The molecule has 3 nitrogen and oxygen atoms in total. The molecule has 0 aliphatic heterocycles. The third-order valence-electron chi connectivity index (χ3n) is 3.19. The summed E-state index contributed by atoms with van der Waals surface area (Å²) in [7, 11) is 0. The summed E-state index contributed by atoms with van der Waals surface area (Å²) in [4.78, 5) is 4.41. The zero-order valence-corrected chi connectivity index (χ0v) is 11.9. The number of benzene rings is 1. The fourth-order valence-electron chi connectivity index (χ4n) is 2.16. The molecule has 1 atom stereocenters. The number of nitriles is 1. The van der Waals surface area contributed by atoms with Gasteiger partial charge in [0.25, 0.3) is 0 Å². The standard InChI is InChI=1S/C17H19N3/c1-13(8-9-15-6-4-3-5-7-15)19-17-11-16(12-18)10-14(2)20-17/h3-7,10-11,13H,8-9H2,1-2H3,(H,19,20). The van der Waals surface area contributed by atoms with E-state index >= 15 is 0 Å². The maximum absolute atomic E-state index is 8.97. The minimum absolute atomic E-state index is 0.316. The Bertz CT molecular complexity index is 599. The first-order valence-corrected chi connectivity index (χ1v) is 6.86. The van der Waals surface area contributed by atoms with Crippen LogP contribution in [0.3, 0.4) is 0 Å². The lowest BCUT2D eigenvalue weighted by Gasteiger charge is -2.15. The number of hydrogen-bond donors (Lipinski definition) is 1. The number of anilines is 1. The molecule has 1 aromatic carbocycles. The maximum Gasteiger partial charge on any atom is 0.127 e. The lowest BCUT2D eigenvalue weighted by molar-refractivity contribution is 0.702. The Morgan fingerprint density at radius 2 is 2.00 bits per heavy atom. The van der Waals surface area contributed by atoms with E-state index in [1.807, 2.05) is 13.0 Å². The Balaban J connectivity index is 1.93. The second-order valence-corrected chi connectivity index (χ2v) is 5.06. The fraction of sp³-hybridized carbons (Fsp3) is 0.294. The van der Waals surface area contributed by atoms with Gasteiger partial charge in [-0.1, -0.05) is 30.3 Å². The third kappa shape index (κ3) is 4.10. The highest BCUT2D eigenvalue weighted by molar-refractivity contribution is 5.44. The van der Waals surface area contributed by atoms with E-state index in [0.29, 0.717) is 11.6 Å². The van der Waals surface area contributed by atoms with Crippen LogP contribution in [-0.4, -0.2) is 11.0 Å². The molecule has 1 aromatic heterocycles. The summed E-state index contributed by atoms with van der Waals surface area (Å²) in [5.41, 5.74) is 2.85. The van der Waals surface area contributed by atoms with E-state index in [4.69, 9.17) is 5.26 Å². The fourth-order valence-corrected chi connectivity index (χ4v) is 2.16. The summed E-state index contributed by atoms with van der Waals surface area (Å²) in [5.74, 6) is 0.780. The van der Waals surface area contributed by atoms with Gasteiger partial charge in [0.2, 0.25) is 0 Å². The molecule has 0 saturated heterocycles. The van der Waals surface area contributed by atoms with Gasteiger partial charge in [0.15, 0.2) is 0 Å². The van der Waals surface area contributed by atoms with E-state index in [1.165, 1.54) is 5.56 Å². The van der Waals surface area contributed by atoms with Crippen LogP contribution in [0.4, 0.5) is 5.82 Å². The zero-order chi connectivity index (χ0) is 14.4. The first-order chi connectivity index (χ1) is 9.67. The van der Waals surface area contributed by atoms with E-state index in [1.54, 1.807) is 12.1 Å². The van der Waals surface area contributed by atoms with Crippen LogP contribution >= 0.6 is 0 Å². The summed E-state index contributed by atoms with van der Waals surface area (Å²) >= 11 is 0. The van der Waals surface area contributed by atoms with Gasteiger partial charge in [0.1, 0.15) is 5.82 Å². The highest BCUT2D eigenvalue weighted by Gasteiger charge is 2.05. The van der Waals surface area contributed by atoms with Crippen LogP contribution in [0.25, 0.3) is 0 Å². The van der Waals surface area contributed by atoms with E-state index in [0.717, 1.165) is 24.4 Å². The molecule has 0 radical (unpaired) electrons. The normalized spacial score (nSPS) is 11.7. The minimum atomic E-state index is 0.316. The molecule has 0 saturated carbocycles. The first kappa shape index (κ1) is 14.1. The highest BCUT2D eigenvalue weighted by atomic mass is 15.0. The molecule has 2 rings (SSSR count). The molecule has 0 bridgehead atoms. The van der Waals surface area contributed by atoms with E-state index < -0.39 is 0 Å². The number of pyridine rings is 1. The van der Waals surface area contributed by atoms with Gasteiger partial charge in [-0.05, 0) is 44.4 Å². The molecule has 0 aliphatic carbocycles. The van der Waals surface area contributed by atoms with E-state index in [9.17, 15) is 0 Å². The number of nitrogens with one attached hydrogen (secondary N) is 1. The van der Waals surface area contributed by atoms with Crippen LogP contribution in [0.1, 0.15) is 30.2 Å². The van der Waals surface area contributed by atoms with Crippen LogP contribution in [-0.2, 0) is 6.42 Å². The Morgan fingerprint density at radius 3 is 2.70 bits per heavy atom. The molecular formula is C17H19N3. The van der Waals surface area contributed by atoms with E-state index in [-0.39, 0.29) is 0 Å². The van der Waals surface area contributed by atoms with Crippen molar-refractivity contribution in [2.45, 2.75) is 32.7 Å². The number of aromatic nitrogens is 1. The van der Waals surface area contributed by atoms with Crippen molar-refractivity contribution in [3.05, 3.63) is 59.3 Å². The van der Waals surface area contributed by atoms with Gasteiger partial charge in [-0.2, -0.15) is 5.26 Å². The topological polar surface area (TPSA) is 48.7 Å². The van der Waals surface area contributed by atoms with Gasteiger partial charge in [-0.15, -0.1) is 0 Å². The smallest absolute Gasteiger partial charge is 0.127 e. The van der Waals surface area contributed by atoms with Gasteiger partial charge >= 0.3 is 0 Å². The number of hydrogen-bond acceptors (Lipinski definition) is 3. The summed E-state index contributed by atoms with van der Waals surface area (Å²) in [6, 6.07) is 16.5. The second-order valence-electron chi connectivity index (χ2n) is 5.06. The van der Waals surface area contributed by atoms with Crippen molar-refractivity contribution < 1.29 is 0 Å². The lowest BCUT2D eigenvalue weighted by Crippen LogP contribution is -2.17. The second kappa shape index (κ2) is 6.72. The van der Waals surface area contributed by atoms with Crippen molar-refractivity contribution in [3.8, 4) is 6.07 Å². The predicted octanol–water partition coefficient (Wildman–Crippen LogP) is 3.69. The summed E-state index contributed by atoms with van der Waals surface area (Å²) in [6.07, 6.45) is 2.06. The Kier molecular flexibility index (Phi) is 4.73. The SMILES string of the molecule is Cc1cc(C#N)cc(NC(C)CCc2ccccc2)n1. The summed E-state index contributed by atoms with van der Waals surface area (Å²) < 4.78 is 0. The third-order valence-corrected chi connectivity index (χ3v) is 3.19. The van der Waals surface area contributed by atoms with Crippen molar-refractivity contribution >= 4 is 5.82 Å². The molecule has 102 valence electrons. The van der Waals surface area contributed by atoms with Crippen molar-refractivity contribution in [3.63, 3.8) is 0 Å². The van der Waals surface area contributed by atoms with Crippen molar-refractivity contribution in [1.82, 2.24) is 4.98 Å². The molecule has 0 fully saturated rings. The van der Waals surface area contributed by atoms with Crippen molar-refractivity contribution in [2.24, 2.45) is 0 Å². The maximum atomic E-state index is 8.97. The van der Waals surface area contributed by atoms with Crippen LogP contribution in [0.2, 0.25) is 0 Å². The molecule has 20 heavy (non-hydrogen) atoms. The summed E-state index contributed by atoms with van der Waals surface area (Å²) in [6.45, 7) is 4.04. The number of aryl methyl sites for hydroxylation is 2. The molecule has 1 N–H and O–H groups in total. The van der Waals surface area contributed by atoms with Crippen LogP contribution in [0.15, 0.2) is 42.5 Å². The number of rotatable bonds is 5. The molecular weight excluding hydrogens is 246 g/mol. The molecule has 0 spiro atoms. The monoisotopic (exact) mass is 265 g/mol. The molecule has 2 aromatic rings. The van der Waals surface area contributed by atoms with Crippen molar-refractivity contribution in [2.75, 3.05) is 5.32 Å². The van der Waals surface area contributed by atoms with Gasteiger partial charge in [0.05, 0.1) is 11.6 Å². The Labute approximate surface area is 120 Å². The van der Waals surface area contributed by atoms with Gasteiger partial charge in [-0.25, -0.2) is 4.98 Å². The zero-order valence-electron chi connectivity index (χ0n) is 11.9. The molecule has 1 unspecified atom stereocenters. The average molecular weight is 265 g/mol. The number of nitrogens with zero attached hydrogens (tertiary/aromatic N) is 2. The average Bonchev–Trinajstić information content (AvgIpc) is 2.45. The quantitative estimate of drug-likeness (QED) is 0.896. The van der Waals surface area contributed by atoms with Crippen LogP contribution in [0, 0.1) is 18.3 Å².